The SMILES string of the molecule is CCCNC(CCC(C)C)C1CC(C)(C)OC1(C)C. The summed E-state index contributed by atoms with van der Waals surface area (Å²) in [6, 6.07) is 0.596. The van der Waals surface area contributed by atoms with Crippen molar-refractivity contribution in [2.24, 2.45) is 11.8 Å². The summed E-state index contributed by atoms with van der Waals surface area (Å²) < 4.78 is 6.28. The third-order valence-corrected chi connectivity index (χ3v) is 4.34. The van der Waals surface area contributed by atoms with E-state index in [-0.39, 0.29) is 11.2 Å². The number of hydrogen-bond acceptors (Lipinski definition) is 2. The molecule has 1 saturated heterocycles. The molecule has 1 heterocycles. The van der Waals surface area contributed by atoms with Gasteiger partial charge in [-0.3, -0.25) is 0 Å². The van der Waals surface area contributed by atoms with Gasteiger partial charge in [-0.2, -0.15) is 0 Å². The van der Waals surface area contributed by atoms with Gasteiger partial charge in [0.1, 0.15) is 0 Å². The van der Waals surface area contributed by atoms with E-state index in [1.165, 1.54) is 25.7 Å². The monoisotopic (exact) mass is 269 g/mol. The van der Waals surface area contributed by atoms with E-state index in [1.807, 2.05) is 0 Å². The van der Waals surface area contributed by atoms with Gasteiger partial charge < -0.3 is 10.1 Å². The summed E-state index contributed by atoms with van der Waals surface area (Å²) in [7, 11) is 0. The van der Waals surface area contributed by atoms with E-state index < -0.39 is 0 Å². The Bertz CT molecular complexity index is 270. The van der Waals surface area contributed by atoms with E-state index in [9.17, 15) is 0 Å². The fourth-order valence-corrected chi connectivity index (χ4v) is 3.52. The molecule has 2 unspecified atom stereocenters. The van der Waals surface area contributed by atoms with Crippen LogP contribution in [0.15, 0.2) is 0 Å². The van der Waals surface area contributed by atoms with E-state index in [2.05, 4.69) is 53.8 Å². The molecule has 0 aliphatic carbocycles. The van der Waals surface area contributed by atoms with Crippen molar-refractivity contribution in [3.63, 3.8) is 0 Å². The maximum atomic E-state index is 6.28. The summed E-state index contributed by atoms with van der Waals surface area (Å²) in [5, 5.41) is 3.78. The lowest BCUT2D eigenvalue weighted by Crippen LogP contribution is -2.44. The third kappa shape index (κ3) is 5.07. The smallest absolute Gasteiger partial charge is 0.0677 e. The second-order valence-electron chi connectivity index (χ2n) is 7.81. The van der Waals surface area contributed by atoms with Gasteiger partial charge in [-0.15, -0.1) is 0 Å². The molecule has 1 fully saturated rings. The Labute approximate surface area is 120 Å². The largest absolute Gasteiger partial charge is 0.369 e. The van der Waals surface area contributed by atoms with Crippen LogP contribution in [0.4, 0.5) is 0 Å². The molecule has 2 heteroatoms. The topological polar surface area (TPSA) is 21.3 Å². The van der Waals surface area contributed by atoms with Crippen LogP contribution < -0.4 is 5.32 Å². The lowest BCUT2D eigenvalue weighted by atomic mass is 9.79. The van der Waals surface area contributed by atoms with Crippen molar-refractivity contribution in [1.82, 2.24) is 5.32 Å². The Morgan fingerprint density at radius 1 is 1.16 bits per heavy atom. The number of ether oxygens (including phenoxy) is 1. The Morgan fingerprint density at radius 3 is 2.21 bits per heavy atom. The number of hydrogen-bond donors (Lipinski definition) is 1. The van der Waals surface area contributed by atoms with E-state index in [1.54, 1.807) is 0 Å². The van der Waals surface area contributed by atoms with E-state index in [0.29, 0.717) is 12.0 Å². The minimum atomic E-state index is -0.00805. The molecule has 0 bridgehead atoms. The maximum Gasteiger partial charge on any atom is 0.0677 e. The van der Waals surface area contributed by atoms with Crippen LogP contribution in [0.5, 0.6) is 0 Å². The molecular formula is C17H35NO. The summed E-state index contributed by atoms with van der Waals surface area (Å²) in [5.41, 5.74) is 0.0179. The minimum absolute atomic E-state index is 0.00805. The summed E-state index contributed by atoms with van der Waals surface area (Å²) in [6.07, 6.45) is 4.94. The van der Waals surface area contributed by atoms with Crippen LogP contribution >= 0.6 is 0 Å². The molecule has 0 spiro atoms. The maximum absolute atomic E-state index is 6.28. The second-order valence-corrected chi connectivity index (χ2v) is 7.81. The highest BCUT2D eigenvalue weighted by molar-refractivity contribution is 4.99. The molecule has 0 amide bonds. The van der Waals surface area contributed by atoms with Crippen molar-refractivity contribution < 1.29 is 4.74 Å². The molecule has 0 aromatic heterocycles. The molecule has 1 rings (SSSR count). The first-order valence-corrected chi connectivity index (χ1v) is 8.11. The first kappa shape index (κ1) is 17.0. The molecule has 0 saturated carbocycles. The van der Waals surface area contributed by atoms with Gasteiger partial charge in [0, 0.05) is 12.0 Å². The molecule has 2 nitrogen and oxygen atoms in total. The van der Waals surface area contributed by atoms with Crippen LogP contribution in [0.2, 0.25) is 0 Å². The number of rotatable bonds is 7. The molecule has 0 aromatic rings. The fourth-order valence-electron chi connectivity index (χ4n) is 3.52. The van der Waals surface area contributed by atoms with Crippen molar-refractivity contribution in [2.75, 3.05) is 6.54 Å². The van der Waals surface area contributed by atoms with Crippen molar-refractivity contribution in [3.8, 4) is 0 Å². The van der Waals surface area contributed by atoms with Crippen LogP contribution in [-0.4, -0.2) is 23.8 Å². The van der Waals surface area contributed by atoms with Gasteiger partial charge in [0.2, 0.25) is 0 Å². The minimum Gasteiger partial charge on any atom is -0.369 e. The zero-order valence-electron chi connectivity index (χ0n) is 14.2. The summed E-state index contributed by atoms with van der Waals surface area (Å²) >= 11 is 0. The molecular weight excluding hydrogens is 234 g/mol. The molecule has 1 aliphatic heterocycles. The summed E-state index contributed by atoms with van der Waals surface area (Å²) in [4.78, 5) is 0. The lowest BCUT2D eigenvalue weighted by Gasteiger charge is -2.34. The Balaban J connectivity index is 2.72. The van der Waals surface area contributed by atoms with Crippen molar-refractivity contribution >= 4 is 0 Å². The van der Waals surface area contributed by atoms with Crippen molar-refractivity contribution in [2.45, 2.75) is 91.4 Å². The van der Waals surface area contributed by atoms with Crippen LogP contribution in [0, 0.1) is 11.8 Å². The quantitative estimate of drug-likeness (QED) is 0.740. The average molecular weight is 269 g/mol. The zero-order chi connectivity index (χ0) is 14.7. The predicted octanol–water partition coefficient (Wildman–Crippen LogP) is 4.38. The molecule has 114 valence electrons. The Morgan fingerprint density at radius 2 is 1.79 bits per heavy atom. The molecule has 2 atom stereocenters. The van der Waals surface area contributed by atoms with Crippen LogP contribution in [0.1, 0.15) is 74.1 Å². The predicted molar refractivity (Wildman–Crippen MR) is 83.5 cm³/mol. The van der Waals surface area contributed by atoms with Gasteiger partial charge in [0.05, 0.1) is 11.2 Å². The van der Waals surface area contributed by atoms with E-state index >= 15 is 0 Å². The van der Waals surface area contributed by atoms with Crippen molar-refractivity contribution in [3.05, 3.63) is 0 Å². The second kappa shape index (κ2) is 6.58. The zero-order valence-corrected chi connectivity index (χ0v) is 14.2. The first-order chi connectivity index (χ1) is 8.68. The lowest BCUT2D eigenvalue weighted by molar-refractivity contribution is -0.0780. The van der Waals surface area contributed by atoms with E-state index in [4.69, 9.17) is 4.74 Å². The van der Waals surface area contributed by atoms with Crippen LogP contribution in [0.3, 0.4) is 0 Å². The Hall–Kier alpha value is -0.0800. The van der Waals surface area contributed by atoms with Gasteiger partial charge in [-0.25, -0.2) is 0 Å². The molecule has 1 aliphatic rings. The molecule has 1 N–H and O–H groups in total. The summed E-state index contributed by atoms with van der Waals surface area (Å²) in [6.45, 7) is 17.0. The highest BCUT2D eigenvalue weighted by atomic mass is 16.5. The van der Waals surface area contributed by atoms with Gasteiger partial charge in [0.15, 0.2) is 0 Å². The first-order valence-electron chi connectivity index (χ1n) is 8.11. The summed E-state index contributed by atoms with van der Waals surface area (Å²) in [5.74, 6) is 1.40. The van der Waals surface area contributed by atoms with Crippen LogP contribution in [0.25, 0.3) is 0 Å². The highest BCUT2D eigenvalue weighted by Crippen LogP contribution is 2.44. The average Bonchev–Trinajstić information content (AvgIpc) is 2.47. The fraction of sp³-hybridized carbons (Fsp3) is 1.00. The van der Waals surface area contributed by atoms with Gasteiger partial charge in [-0.1, -0.05) is 20.8 Å². The van der Waals surface area contributed by atoms with Gasteiger partial charge in [0.25, 0.3) is 0 Å². The van der Waals surface area contributed by atoms with Gasteiger partial charge in [-0.05, 0) is 65.8 Å². The van der Waals surface area contributed by atoms with Crippen LogP contribution in [-0.2, 0) is 4.74 Å². The van der Waals surface area contributed by atoms with Gasteiger partial charge >= 0.3 is 0 Å². The number of nitrogens with one attached hydrogen (secondary N) is 1. The normalized spacial score (nSPS) is 26.8. The molecule has 19 heavy (non-hydrogen) atoms. The highest BCUT2D eigenvalue weighted by Gasteiger charge is 2.48. The van der Waals surface area contributed by atoms with Crippen molar-refractivity contribution in [1.29, 1.82) is 0 Å². The molecule has 0 radical (unpaired) electrons. The van der Waals surface area contributed by atoms with E-state index in [0.717, 1.165) is 12.5 Å². The third-order valence-electron chi connectivity index (χ3n) is 4.34. The molecule has 0 aromatic carbocycles. The Kier molecular flexibility index (Phi) is 5.88. The standard InChI is InChI=1S/C17H35NO/c1-8-11-18-15(10-9-13(2)3)14-12-16(4,5)19-17(14,6)7/h13-15,18H,8-12H2,1-7H3.